The fourth-order valence-corrected chi connectivity index (χ4v) is 9.33. The molecule has 8 rings (SSSR count). The summed E-state index contributed by atoms with van der Waals surface area (Å²) in [6.45, 7) is 4.78. The predicted molar refractivity (Wildman–Crippen MR) is 216 cm³/mol. The molecule has 0 amide bonds. The van der Waals surface area contributed by atoms with E-state index in [9.17, 15) is 0 Å². The van der Waals surface area contributed by atoms with Crippen molar-refractivity contribution in [2.24, 2.45) is 0 Å². The second-order valence-electron chi connectivity index (χ2n) is 14.3. The Hall–Kier alpha value is -4.92. The second-order valence-corrected chi connectivity index (χ2v) is 15.2. The second kappa shape index (κ2) is 13.1. The third-order valence-electron chi connectivity index (χ3n) is 11.2. The maximum atomic E-state index is 3.84. The van der Waals surface area contributed by atoms with E-state index in [4.69, 9.17) is 0 Å². The minimum absolute atomic E-state index is 0.183. The summed E-state index contributed by atoms with van der Waals surface area (Å²) >= 11 is 3.84. The van der Waals surface area contributed by atoms with Gasteiger partial charge in [-0.3, -0.25) is 0 Å². The van der Waals surface area contributed by atoms with Gasteiger partial charge >= 0.3 is 0 Å². The molecule has 0 saturated carbocycles. The summed E-state index contributed by atoms with van der Waals surface area (Å²) in [5, 5.41) is 2.65. The minimum Gasteiger partial charge on any atom is -0.347 e. The first-order chi connectivity index (χ1) is 24.4. The molecule has 246 valence electrons. The number of hydrogen-bond donors (Lipinski definition) is 0. The van der Waals surface area contributed by atoms with Crippen LogP contribution in [0.2, 0.25) is 0 Å². The van der Waals surface area contributed by atoms with Crippen LogP contribution in [-0.2, 0) is 30.1 Å². The van der Waals surface area contributed by atoms with Gasteiger partial charge in [0.15, 0.2) is 0 Å². The van der Waals surface area contributed by atoms with Crippen LogP contribution < -0.4 is 4.90 Å². The SMILES string of the molecule is CC1=C(/C=C/C=C2/N(C)c3ccc(Br)cc3C2(Cc2ccccc2)Cc2ccccc2)C(C)(Cc2ccccc2)c2c1ccc1ccccc21. The molecular formula is C48H42BrN. The molecule has 0 fully saturated rings. The largest absolute Gasteiger partial charge is 0.347 e. The Morgan fingerprint density at radius 1 is 0.660 bits per heavy atom. The molecular weight excluding hydrogens is 670 g/mol. The smallest absolute Gasteiger partial charge is 0.0456 e. The van der Waals surface area contributed by atoms with Gasteiger partial charge in [-0.2, -0.15) is 0 Å². The van der Waals surface area contributed by atoms with Gasteiger partial charge < -0.3 is 4.90 Å². The zero-order valence-electron chi connectivity index (χ0n) is 29.0. The van der Waals surface area contributed by atoms with Crippen molar-refractivity contribution in [3.63, 3.8) is 0 Å². The molecule has 1 aliphatic carbocycles. The van der Waals surface area contributed by atoms with Crippen LogP contribution in [-0.4, -0.2) is 7.05 Å². The van der Waals surface area contributed by atoms with E-state index in [2.05, 4.69) is 206 Å². The van der Waals surface area contributed by atoms with Crippen LogP contribution in [0.15, 0.2) is 180 Å². The molecule has 0 aromatic heterocycles. The number of nitrogens with zero attached hydrogens (tertiary/aromatic N) is 1. The molecule has 1 nitrogen and oxygen atoms in total. The van der Waals surface area contributed by atoms with Gasteiger partial charge in [-0.25, -0.2) is 0 Å². The summed E-state index contributed by atoms with van der Waals surface area (Å²) in [7, 11) is 2.24. The number of benzene rings is 6. The highest BCUT2D eigenvalue weighted by Crippen LogP contribution is 2.53. The number of fused-ring (bicyclic) bond motifs is 4. The van der Waals surface area contributed by atoms with E-state index in [0.717, 1.165) is 23.7 Å². The van der Waals surface area contributed by atoms with Gasteiger partial charge in [0.2, 0.25) is 0 Å². The Morgan fingerprint density at radius 3 is 1.88 bits per heavy atom. The number of halogens is 1. The van der Waals surface area contributed by atoms with Gasteiger partial charge in [0.05, 0.1) is 0 Å². The summed E-state index contributed by atoms with van der Waals surface area (Å²) in [4.78, 5) is 2.43. The van der Waals surface area contributed by atoms with Gasteiger partial charge in [-0.15, -0.1) is 0 Å². The quantitative estimate of drug-likeness (QED) is 0.152. The molecule has 1 heterocycles. The van der Waals surface area contributed by atoms with E-state index >= 15 is 0 Å². The molecule has 2 aliphatic rings. The maximum Gasteiger partial charge on any atom is 0.0456 e. The summed E-state index contributed by atoms with van der Waals surface area (Å²) in [5.74, 6) is 0. The molecule has 6 aromatic rings. The van der Waals surface area contributed by atoms with Crippen LogP contribution in [0.3, 0.4) is 0 Å². The van der Waals surface area contributed by atoms with E-state index in [1.165, 1.54) is 66.7 Å². The molecule has 0 N–H and O–H groups in total. The monoisotopic (exact) mass is 711 g/mol. The summed E-state index contributed by atoms with van der Waals surface area (Å²) in [6, 6.07) is 53.3. The Kier molecular flexibility index (Phi) is 8.45. The fourth-order valence-electron chi connectivity index (χ4n) is 8.97. The van der Waals surface area contributed by atoms with Crippen molar-refractivity contribution < 1.29 is 0 Å². The van der Waals surface area contributed by atoms with E-state index in [1.807, 2.05) is 0 Å². The standard InChI is InChI=1S/C48H42BrN/c1-34-40-28-26-38-22-13-14-23-41(38)46(40)47(2,31-35-16-7-4-8-17-35)42(34)24-15-25-45-48(32-36-18-9-5-10-19-36,33-37-20-11-6-12-21-37)43-30-39(49)27-29-44(43)50(45)3/h4-30H,31-33H2,1-3H3/b24-15+,45-25+. The van der Waals surface area contributed by atoms with Crippen molar-refractivity contribution in [3.8, 4) is 0 Å². The third-order valence-corrected chi connectivity index (χ3v) is 11.7. The third kappa shape index (κ3) is 5.56. The van der Waals surface area contributed by atoms with Crippen LogP contribution >= 0.6 is 15.9 Å². The van der Waals surface area contributed by atoms with Gasteiger partial charge in [-0.1, -0.05) is 162 Å². The molecule has 2 heteroatoms. The summed E-state index contributed by atoms with van der Waals surface area (Å²) < 4.78 is 1.11. The maximum absolute atomic E-state index is 3.84. The van der Waals surface area contributed by atoms with Gasteiger partial charge in [-0.05, 0) is 106 Å². The lowest BCUT2D eigenvalue weighted by Crippen LogP contribution is -2.34. The summed E-state index contributed by atoms with van der Waals surface area (Å²) in [5.41, 5.74) is 13.1. The van der Waals surface area contributed by atoms with Crippen molar-refractivity contribution in [3.05, 3.63) is 213 Å². The van der Waals surface area contributed by atoms with Crippen molar-refractivity contribution in [1.82, 2.24) is 0 Å². The average molecular weight is 713 g/mol. The Morgan fingerprint density at radius 2 is 1.24 bits per heavy atom. The van der Waals surface area contributed by atoms with E-state index in [1.54, 1.807) is 0 Å². The van der Waals surface area contributed by atoms with Gasteiger partial charge in [0, 0.05) is 33.7 Å². The molecule has 0 saturated heterocycles. The highest BCUT2D eigenvalue weighted by molar-refractivity contribution is 9.10. The molecule has 0 bridgehead atoms. The van der Waals surface area contributed by atoms with Crippen molar-refractivity contribution in [2.75, 3.05) is 11.9 Å². The van der Waals surface area contributed by atoms with Crippen molar-refractivity contribution in [1.29, 1.82) is 0 Å². The number of likely N-dealkylation sites (N-methyl/N-ethyl adjacent to an activating group) is 1. The molecule has 1 atom stereocenters. The molecule has 0 radical (unpaired) electrons. The zero-order chi connectivity index (χ0) is 34.3. The first-order valence-corrected chi connectivity index (χ1v) is 18.4. The van der Waals surface area contributed by atoms with E-state index in [-0.39, 0.29) is 10.8 Å². The fraction of sp³-hybridized carbons (Fsp3) is 0.167. The lowest BCUT2D eigenvalue weighted by molar-refractivity contribution is 0.507. The van der Waals surface area contributed by atoms with E-state index < -0.39 is 0 Å². The number of anilines is 1. The van der Waals surface area contributed by atoms with Crippen LogP contribution in [0, 0.1) is 0 Å². The minimum atomic E-state index is -0.257. The summed E-state index contributed by atoms with van der Waals surface area (Å²) in [6.07, 6.45) is 9.91. The highest BCUT2D eigenvalue weighted by Gasteiger charge is 2.46. The number of rotatable bonds is 8. The lowest BCUT2D eigenvalue weighted by Gasteiger charge is -2.34. The van der Waals surface area contributed by atoms with Crippen molar-refractivity contribution in [2.45, 2.75) is 43.9 Å². The van der Waals surface area contributed by atoms with Crippen LogP contribution in [0.25, 0.3) is 16.3 Å². The first kappa shape index (κ1) is 32.3. The van der Waals surface area contributed by atoms with Gasteiger partial charge in [0.1, 0.15) is 0 Å². The number of allylic oxidation sites excluding steroid dienone is 6. The van der Waals surface area contributed by atoms with Gasteiger partial charge in [0.25, 0.3) is 0 Å². The van der Waals surface area contributed by atoms with Crippen LogP contribution in [0.4, 0.5) is 5.69 Å². The normalized spacial score (nSPS) is 18.7. The van der Waals surface area contributed by atoms with Crippen LogP contribution in [0.5, 0.6) is 0 Å². The Balaban J connectivity index is 1.28. The topological polar surface area (TPSA) is 3.24 Å². The highest BCUT2D eigenvalue weighted by atomic mass is 79.9. The predicted octanol–water partition coefficient (Wildman–Crippen LogP) is 12.2. The molecule has 0 spiro atoms. The lowest BCUT2D eigenvalue weighted by atomic mass is 9.70. The zero-order valence-corrected chi connectivity index (χ0v) is 30.6. The molecule has 1 unspecified atom stereocenters. The van der Waals surface area contributed by atoms with E-state index in [0.29, 0.717) is 0 Å². The Labute approximate surface area is 305 Å². The Bertz CT molecular complexity index is 2240. The number of hydrogen-bond acceptors (Lipinski definition) is 1. The molecule has 1 aliphatic heterocycles. The molecule has 50 heavy (non-hydrogen) atoms. The average Bonchev–Trinajstić information content (AvgIpc) is 3.48. The molecule has 6 aromatic carbocycles. The van der Waals surface area contributed by atoms with Crippen LogP contribution in [0.1, 0.15) is 47.2 Å². The van der Waals surface area contributed by atoms with Crippen molar-refractivity contribution >= 4 is 38.0 Å². The first-order valence-electron chi connectivity index (χ1n) is 17.7.